The smallest absolute Gasteiger partial charge is 0.254 e. The molecule has 3 rings (SSSR count). The molecule has 84 valence electrons. The Labute approximate surface area is 94.0 Å². The van der Waals surface area contributed by atoms with E-state index in [-0.39, 0.29) is 11.9 Å². The molecule has 2 heterocycles. The van der Waals surface area contributed by atoms with Crippen LogP contribution < -0.4 is 10.5 Å². The number of nitrogens with two attached hydrogens (primary N) is 1. The molecule has 1 aromatic rings. The fourth-order valence-corrected chi connectivity index (χ4v) is 2.44. The zero-order valence-corrected chi connectivity index (χ0v) is 9.19. The van der Waals surface area contributed by atoms with Crippen LogP contribution in [0, 0.1) is 0 Å². The van der Waals surface area contributed by atoms with E-state index in [1.807, 2.05) is 19.2 Å². The number of carbonyl (C=O) groups excluding carboxylic acids is 1. The summed E-state index contributed by atoms with van der Waals surface area (Å²) in [5, 5.41) is 0. The lowest BCUT2D eigenvalue weighted by atomic mass is 9.95. The normalized spacial score (nSPS) is 22.8. The first-order valence-electron chi connectivity index (χ1n) is 5.45. The summed E-state index contributed by atoms with van der Waals surface area (Å²) in [5.74, 6) is 0.987. The molecule has 2 aliphatic rings. The molecular weight excluding hydrogens is 204 g/mol. The van der Waals surface area contributed by atoms with E-state index in [0.29, 0.717) is 13.2 Å². The van der Waals surface area contributed by atoms with Crippen molar-refractivity contribution in [2.45, 2.75) is 19.0 Å². The summed E-state index contributed by atoms with van der Waals surface area (Å²) in [5.41, 5.74) is 8.91. The van der Waals surface area contributed by atoms with Crippen molar-refractivity contribution in [2.24, 2.45) is 5.73 Å². The Morgan fingerprint density at radius 3 is 3.06 bits per heavy atom. The highest BCUT2D eigenvalue weighted by Gasteiger charge is 2.30. The standard InChI is InChI=1S/C12H14N2O2/c1-14-5-10-8(12(14)15)2-3-11-9(10)4-7(13)6-16-11/h2-3,7H,4-6,13H2,1H3. The highest BCUT2D eigenvalue weighted by Crippen LogP contribution is 2.34. The second-order valence-electron chi connectivity index (χ2n) is 4.50. The van der Waals surface area contributed by atoms with Crippen LogP contribution in [0.5, 0.6) is 5.75 Å². The number of hydrogen-bond acceptors (Lipinski definition) is 3. The van der Waals surface area contributed by atoms with Crippen molar-refractivity contribution in [3.05, 3.63) is 28.8 Å². The van der Waals surface area contributed by atoms with Gasteiger partial charge in [-0.25, -0.2) is 0 Å². The summed E-state index contributed by atoms with van der Waals surface area (Å²) in [6.45, 7) is 1.24. The largest absolute Gasteiger partial charge is 0.492 e. The molecule has 0 aromatic heterocycles. The average Bonchev–Trinajstić information content (AvgIpc) is 2.56. The molecule has 2 aliphatic heterocycles. The van der Waals surface area contributed by atoms with Gasteiger partial charge in [0, 0.05) is 30.8 Å². The first kappa shape index (κ1) is 9.66. The van der Waals surface area contributed by atoms with Crippen LogP contribution in [-0.4, -0.2) is 30.5 Å². The number of carbonyl (C=O) groups is 1. The first-order valence-corrected chi connectivity index (χ1v) is 5.45. The minimum Gasteiger partial charge on any atom is -0.492 e. The molecule has 0 fully saturated rings. The van der Waals surface area contributed by atoms with Crippen LogP contribution in [0.3, 0.4) is 0 Å². The monoisotopic (exact) mass is 218 g/mol. The van der Waals surface area contributed by atoms with Crippen LogP contribution in [0.4, 0.5) is 0 Å². The summed E-state index contributed by atoms with van der Waals surface area (Å²) in [7, 11) is 1.82. The van der Waals surface area contributed by atoms with E-state index in [1.165, 1.54) is 0 Å². The molecule has 0 bridgehead atoms. The third-order valence-electron chi connectivity index (χ3n) is 3.28. The fourth-order valence-electron chi connectivity index (χ4n) is 2.44. The Bertz CT molecular complexity index is 470. The fraction of sp³-hybridized carbons (Fsp3) is 0.417. The number of nitrogens with zero attached hydrogens (tertiary/aromatic N) is 1. The quantitative estimate of drug-likeness (QED) is 0.691. The van der Waals surface area contributed by atoms with Gasteiger partial charge in [-0.15, -0.1) is 0 Å². The number of rotatable bonds is 0. The maximum atomic E-state index is 11.8. The molecule has 0 saturated carbocycles. The molecule has 4 heteroatoms. The van der Waals surface area contributed by atoms with Gasteiger partial charge < -0.3 is 15.4 Å². The van der Waals surface area contributed by atoms with Crippen molar-refractivity contribution in [1.29, 1.82) is 0 Å². The maximum absolute atomic E-state index is 11.8. The Balaban J connectivity index is 2.14. The van der Waals surface area contributed by atoms with Gasteiger partial charge in [-0.2, -0.15) is 0 Å². The zero-order chi connectivity index (χ0) is 11.3. The van der Waals surface area contributed by atoms with Crippen molar-refractivity contribution in [2.75, 3.05) is 13.7 Å². The second-order valence-corrected chi connectivity index (χ2v) is 4.50. The van der Waals surface area contributed by atoms with Crippen molar-refractivity contribution < 1.29 is 9.53 Å². The van der Waals surface area contributed by atoms with Gasteiger partial charge in [0.25, 0.3) is 5.91 Å². The minimum atomic E-state index is 0.0417. The van der Waals surface area contributed by atoms with Crippen LogP contribution in [-0.2, 0) is 13.0 Å². The van der Waals surface area contributed by atoms with Crippen LogP contribution in [0.2, 0.25) is 0 Å². The molecule has 1 atom stereocenters. The number of ether oxygens (including phenoxy) is 1. The molecule has 0 spiro atoms. The molecule has 4 nitrogen and oxygen atoms in total. The Kier molecular flexibility index (Phi) is 1.94. The second kappa shape index (κ2) is 3.22. The predicted octanol–water partition coefficient (Wildman–Crippen LogP) is 0.534. The molecule has 1 unspecified atom stereocenters. The molecule has 0 aliphatic carbocycles. The first-order chi connectivity index (χ1) is 7.66. The summed E-state index contributed by atoms with van der Waals surface area (Å²) in [6.07, 6.45) is 0.805. The average molecular weight is 218 g/mol. The number of benzene rings is 1. The summed E-state index contributed by atoms with van der Waals surface area (Å²) >= 11 is 0. The third kappa shape index (κ3) is 1.23. The van der Waals surface area contributed by atoms with E-state index in [1.54, 1.807) is 4.90 Å². The molecule has 0 radical (unpaired) electrons. The Hall–Kier alpha value is -1.55. The lowest BCUT2D eigenvalue weighted by Gasteiger charge is -2.24. The molecule has 0 saturated heterocycles. The lowest BCUT2D eigenvalue weighted by molar-refractivity contribution is 0.0816. The SMILES string of the molecule is CN1Cc2c(ccc3c2CC(N)CO3)C1=O. The zero-order valence-electron chi connectivity index (χ0n) is 9.19. The summed E-state index contributed by atoms with van der Waals surface area (Å²) < 4.78 is 5.58. The van der Waals surface area contributed by atoms with Gasteiger partial charge >= 0.3 is 0 Å². The van der Waals surface area contributed by atoms with Gasteiger partial charge in [-0.05, 0) is 24.1 Å². The summed E-state index contributed by atoms with van der Waals surface area (Å²) in [6, 6.07) is 3.79. The molecule has 1 amide bonds. The van der Waals surface area contributed by atoms with Crippen molar-refractivity contribution >= 4 is 5.91 Å². The molecular formula is C12H14N2O2. The van der Waals surface area contributed by atoms with Crippen molar-refractivity contribution in [1.82, 2.24) is 4.90 Å². The third-order valence-corrected chi connectivity index (χ3v) is 3.28. The van der Waals surface area contributed by atoms with Crippen LogP contribution in [0.15, 0.2) is 12.1 Å². The van der Waals surface area contributed by atoms with Crippen LogP contribution in [0.1, 0.15) is 21.5 Å². The van der Waals surface area contributed by atoms with E-state index in [2.05, 4.69) is 0 Å². The van der Waals surface area contributed by atoms with Crippen LogP contribution >= 0.6 is 0 Å². The number of amides is 1. The minimum absolute atomic E-state index is 0.0417. The van der Waals surface area contributed by atoms with Gasteiger partial charge in [0.1, 0.15) is 12.4 Å². The Morgan fingerprint density at radius 2 is 2.25 bits per heavy atom. The van der Waals surface area contributed by atoms with E-state index < -0.39 is 0 Å². The van der Waals surface area contributed by atoms with Gasteiger partial charge in [-0.3, -0.25) is 4.79 Å². The molecule has 2 N–H and O–H groups in total. The number of fused-ring (bicyclic) bond motifs is 3. The number of hydrogen-bond donors (Lipinski definition) is 1. The topological polar surface area (TPSA) is 55.6 Å². The molecule has 16 heavy (non-hydrogen) atoms. The molecule has 1 aromatic carbocycles. The highest BCUT2D eigenvalue weighted by atomic mass is 16.5. The van der Waals surface area contributed by atoms with E-state index in [4.69, 9.17) is 10.5 Å². The van der Waals surface area contributed by atoms with Gasteiger partial charge in [-0.1, -0.05) is 0 Å². The summed E-state index contributed by atoms with van der Waals surface area (Å²) in [4.78, 5) is 13.5. The van der Waals surface area contributed by atoms with E-state index in [9.17, 15) is 4.79 Å². The van der Waals surface area contributed by atoms with E-state index in [0.717, 1.165) is 28.9 Å². The van der Waals surface area contributed by atoms with Gasteiger partial charge in [0.05, 0.1) is 0 Å². The van der Waals surface area contributed by atoms with Gasteiger partial charge in [0.2, 0.25) is 0 Å². The lowest BCUT2D eigenvalue weighted by Crippen LogP contribution is -2.34. The maximum Gasteiger partial charge on any atom is 0.254 e. The van der Waals surface area contributed by atoms with Gasteiger partial charge in [0.15, 0.2) is 0 Å². The predicted molar refractivity (Wildman–Crippen MR) is 59.4 cm³/mol. The van der Waals surface area contributed by atoms with E-state index >= 15 is 0 Å². The van der Waals surface area contributed by atoms with Crippen molar-refractivity contribution in [3.8, 4) is 5.75 Å². The highest BCUT2D eigenvalue weighted by molar-refractivity contribution is 5.98. The van der Waals surface area contributed by atoms with Crippen molar-refractivity contribution in [3.63, 3.8) is 0 Å². The Morgan fingerprint density at radius 1 is 1.44 bits per heavy atom. The van der Waals surface area contributed by atoms with Crippen LogP contribution in [0.25, 0.3) is 0 Å².